The first-order valence-electron chi connectivity index (χ1n) is 5.11. The van der Waals surface area contributed by atoms with E-state index in [-0.39, 0.29) is 24.3 Å². The quantitative estimate of drug-likeness (QED) is 0.377. The molecular formula is C11H12N2O4. The lowest BCUT2D eigenvalue weighted by molar-refractivity contribution is -0.139. The van der Waals surface area contributed by atoms with Crippen LogP contribution in [0, 0.1) is 5.92 Å². The normalized spacial score (nSPS) is 20.1. The van der Waals surface area contributed by atoms with Crippen LogP contribution >= 0.6 is 0 Å². The number of hydrazine groups is 1. The number of benzene rings is 1. The third-order valence-corrected chi connectivity index (χ3v) is 2.81. The van der Waals surface area contributed by atoms with Crippen LogP contribution in [0.15, 0.2) is 18.2 Å². The molecule has 0 aliphatic carbocycles. The second-order valence-electron chi connectivity index (χ2n) is 4.02. The SMILES string of the molecule is NN1C(=O)CC(Cc2ccc(O)cc2O)C1=O. The van der Waals surface area contributed by atoms with Crippen LogP contribution in [-0.4, -0.2) is 27.0 Å². The second-order valence-corrected chi connectivity index (χ2v) is 4.02. The topological polar surface area (TPSA) is 104 Å². The highest BCUT2D eigenvalue weighted by Crippen LogP contribution is 2.28. The van der Waals surface area contributed by atoms with Crippen molar-refractivity contribution in [3.8, 4) is 11.5 Å². The van der Waals surface area contributed by atoms with E-state index in [0.717, 1.165) is 0 Å². The third-order valence-electron chi connectivity index (χ3n) is 2.81. The molecule has 1 heterocycles. The number of amides is 2. The van der Waals surface area contributed by atoms with Gasteiger partial charge in [-0.2, -0.15) is 0 Å². The van der Waals surface area contributed by atoms with E-state index in [1.807, 2.05) is 0 Å². The third kappa shape index (κ3) is 2.07. The minimum Gasteiger partial charge on any atom is -0.508 e. The highest BCUT2D eigenvalue weighted by Gasteiger charge is 2.37. The molecule has 1 fully saturated rings. The first-order chi connectivity index (χ1) is 7.99. The van der Waals surface area contributed by atoms with Crippen molar-refractivity contribution in [3.63, 3.8) is 0 Å². The average molecular weight is 236 g/mol. The van der Waals surface area contributed by atoms with Crippen molar-refractivity contribution in [2.45, 2.75) is 12.8 Å². The van der Waals surface area contributed by atoms with Gasteiger partial charge in [0.15, 0.2) is 0 Å². The number of nitrogens with two attached hydrogens (primary N) is 1. The van der Waals surface area contributed by atoms with Crippen molar-refractivity contribution < 1.29 is 19.8 Å². The molecule has 1 aromatic carbocycles. The highest BCUT2D eigenvalue weighted by atomic mass is 16.3. The molecule has 4 N–H and O–H groups in total. The molecule has 2 rings (SSSR count). The summed E-state index contributed by atoms with van der Waals surface area (Å²) in [5, 5.41) is 19.3. The number of rotatable bonds is 2. The molecule has 90 valence electrons. The molecule has 0 aromatic heterocycles. The zero-order chi connectivity index (χ0) is 12.6. The number of nitrogens with zero attached hydrogens (tertiary/aromatic N) is 1. The van der Waals surface area contributed by atoms with Crippen LogP contribution in [0.5, 0.6) is 11.5 Å². The summed E-state index contributed by atoms with van der Waals surface area (Å²) < 4.78 is 0. The summed E-state index contributed by atoms with van der Waals surface area (Å²) in [5.41, 5.74) is 0.504. The summed E-state index contributed by atoms with van der Waals surface area (Å²) in [4.78, 5) is 22.7. The van der Waals surface area contributed by atoms with E-state index in [4.69, 9.17) is 10.9 Å². The summed E-state index contributed by atoms with van der Waals surface area (Å²) in [5.74, 6) is 3.71. The zero-order valence-corrected chi connectivity index (χ0v) is 8.96. The summed E-state index contributed by atoms with van der Waals surface area (Å²) in [6.07, 6.45) is 0.278. The lowest BCUT2D eigenvalue weighted by atomic mass is 9.97. The fourth-order valence-corrected chi connectivity index (χ4v) is 1.87. The van der Waals surface area contributed by atoms with Gasteiger partial charge in [-0.1, -0.05) is 6.07 Å². The minimum absolute atomic E-state index is 0.0512. The predicted molar refractivity (Wildman–Crippen MR) is 57.6 cm³/mol. The standard InChI is InChI=1S/C11H12N2O4/c12-13-10(16)4-7(11(13)17)3-6-1-2-8(14)5-9(6)15/h1-2,5,7,14-15H,3-4,12H2. The molecule has 0 spiro atoms. The maximum atomic E-state index is 11.5. The van der Waals surface area contributed by atoms with E-state index < -0.39 is 17.7 Å². The molecule has 1 saturated heterocycles. The summed E-state index contributed by atoms with van der Waals surface area (Å²) >= 11 is 0. The predicted octanol–water partition coefficient (Wildman–Crippen LogP) is -0.111. The first-order valence-corrected chi connectivity index (χ1v) is 5.11. The van der Waals surface area contributed by atoms with Gasteiger partial charge in [-0.3, -0.25) is 9.59 Å². The van der Waals surface area contributed by atoms with Gasteiger partial charge >= 0.3 is 0 Å². The summed E-state index contributed by atoms with van der Waals surface area (Å²) in [7, 11) is 0. The molecule has 17 heavy (non-hydrogen) atoms. The smallest absolute Gasteiger partial charge is 0.247 e. The van der Waals surface area contributed by atoms with Gasteiger partial charge in [0.25, 0.3) is 0 Å². The average Bonchev–Trinajstić information content (AvgIpc) is 2.50. The maximum Gasteiger partial charge on any atom is 0.247 e. The van der Waals surface area contributed by atoms with Crippen LogP contribution in [0.4, 0.5) is 0 Å². The van der Waals surface area contributed by atoms with Crippen molar-refractivity contribution >= 4 is 11.8 Å². The molecule has 6 heteroatoms. The molecule has 1 aromatic rings. The number of carbonyl (C=O) groups excluding carboxylic acids is 2. The van der Waals surface area contributed by atoms with Crippen LogP contribution in [0.1, 0.15) is 12.0 Å². The number of phenolic OH excluding ortho intramolecular Hbond substituents is 2. The molecule has 0 bridgehead atoms. The lowest BCUT2D eigenvalue weighted by Gasteiger charge is -2.09. The lowest BCUT2D eigenvalue weighted by Crippen LogP contribution is -2.37. The summed E-state index contributed by atoms with van der Waals surface area (Å²) in [6.45, 7) is 0. The summed E-state index contributed by atoms with van der Waals surface area (Å²) in [6, 6.07) is 4.12. The second kappa shape index (κ2) is 4.06. The van der Waals surface area contributed by atoms with Gasteiger partial charge in [-0.25, -0.2) is 10.9 Å². The van der Waals surface area contributed by atoms with Crippen molar-refractivity contribution in [2.24, 2.45) is 11.8 Å². The van der Waals surface area contributed by atoms with Gasteiger partial charge in [-0.15, -0.1) is 0 Å². The van der Waals surface area contributed by atoms with Crippen molar-refractivity contribution in [1.82, 2.24) is 5.01 Å². The number of aromatic hydroxyl groups is 2. The number of phenols is 2. The van der Waals surface area contributed by atoms with Crippen LogP contribution in [0.2, 0.25) is 0 Å². The van der Waals surface area contributed by atoms with E-state index in [1.54, 1.807) is 0 Å². The fourth-order valence-electron chi connectivity index (χ4n) is 1.87. The molecule has 6 nitrogen and oxygen atoms in total. The Morgan fingerprint density at radius 3 is 2.59 bits per heavy atom. The van der Waals surface area contributed by atoms with Crippen LogP contribution in [0.25, 0.3) is 0 Å². The molecular weight excluding hydrogens is 224 g/mol. The van der Waals surface area contributed by atoms with E-state index >= 15 is 0 Å². The number of carbonyl (C=O) groups is 2. The first kappa shape index (κ1) is 11.4. The van der Waals surface area contributed by atoms with Crippen molar-refractivity contribution in [3.05, 3.63) is 23.8 Å². The molecule has 1 unspecified atom stereocenters. The van der Waals surface area contributed by atoms with Gasteiger partial charge < -0.3 is 10.2 Å². The van der Waals surface area contributed by atoms with E-state index in [2.05, 4.69) is 0 Å². The van der Waals surface area contributed by atoms with Crippen LogP contribution in [-0.2, 0) is 16.0 Å². The molecule has 1 atom stereocenters. The van der Waals surface area contributed by atoms with Crippen molar-refractivity contribution in [1.29, 1.82) is 0 Å². The van der Waals surface area contributed by atoms with Gasteiger partial charge in [0.1, 0.15) is 11.5 Å². The van der Waals surface area contributed by atoms with E-state index in [0.29, 0.717) is 10.6 Å². The Hall–Kier alpha value is -2.08. The van der Waals surface area contributed by atoms with Crippen LogP contribution < -0.4 is 5.84 Å². The van der Waals surface area contributed by atoms with E-state index in [1.165, 1.54) is 18.2 Å². The molecule has 1 aliphatic rings. The van der Waals surface area contributed by atoms with Crippen LogP contribution in [0.3, 0.4) is 0 Å². The van der Waals surface area contributed by atoms with E-state index in [9.17, 15) is 14.7 Å². The Morgan fingerprint density at radius 2 is 2.06 bits per heavy atom. The maximum absolute atomic E-state index is 11.5. The van der Waals surface area contributed by atoms with Gasteiger partial charge in [0.05, 0.1) is 5.92 Å². The number of hydrogen-bond acceptors (Lipinski definition) is 5. The van der Waals surface area contributed by atoms with Crippen molar-refractivity contribution in [2.75, 3.05) is 0 Å². The number of imide groups is 1. The Morgan fingerprint density at radius 1 is 1.35 bits per heavy atom. The van der Waals surface area contributed by atoms with Gasteiger partial charge in [0.2, 0.25) is 11.8 Å². The zero-order valence-electron chi connectivity index (χ0n) is 8.96. The van der Waals surface area contributed by atoms with Gasteiger partial charge in [-0.05, 0) is 18.1 Å². The van der Waals surface area contributed by atoms with Gasteiger partial charge in [0, 0.05) is 12.5 Å². The minimum atomic E-state index is -0.539. The molecule has 0 radical (unpaired) electrons. The Balaban J connectivity index is 2.17. The Bertz CT molecular complexity index is 486. The monoisotopic (exact) mass is 236 g/mol. The molecule has 1 aliphatic heterocycles. The molecule has 0 saturated carbocycles. The largest absolute Gasteiger partial charge is 0.508 e. The molecule has 2 amide bonds. The Labute approximate surface area is 97.2 Å². The number of hydrogen-bond donors (Lipinski definition) is 3. The highest BCUT2D eigenvalue weighted by molar-refractivity contribution is 6.02. The Kier molecular flexibility index (Phi) is 2.72. The fraction of sp³-hybridized carbons (Fsp3) is 0.273.